The number of rotatable bonds is 1. The van der Waals surface area contributed by atoms with Crippen LogP contribution in [-0.4, -0.2) is 11.2 Å². The van der Waals surface area contributed by atoms with Crippen molar-refractivity contribution in [2.75, 3.05) is 0 Å². The van der Waals surface area contributed by atoms with Crippen LogP contribution in [0, 0.1) is 35.0 Å². The number of aliphatic hydroxyl groups excluding tert-OH is 1. The van der Waals surface area contributed by atoms with Gasteiger partial charge in [-0.05, 0) is 93.8 Å². The Balaban J connectivity index is 1.94. The lowest BCUT2D eigenvalue weighted by Crippen LogP contribution is -2.29. The van der Waals surface area contributed by atoms with Crippen molar-refractivity contribution in [2.45, 2.75) is 85.7 Å². The molecule has 0 radical (unpaired) electrons. The molecule has 0 spiro atoms. The monoisotopic (exact) mass is 356 g/mol. The van der Waals surface area contributed by atoms with Gasteiger partial charge in [0.15, 0.2) is 0 Å². The van der Waals surface area contributed by atoms with E-state index in [-0.39, 0.29) is 11.5 Å². The second-order valence-electron chi connectivity index (χ2n) is 10.2. The van der Waals surface area contributed by atoms with Crippen molar-refractivity contribution in [1.82, 2.24) is 0 Å². The Labute approximate surface area is 161 Å². The molecule has 146 valence electrons. The molecular formula is C25H40O. The lowest BCUT2D eigenvalue weighted by atomic mass is 9.69. The number of hydrogen-bond acceptors (Lipinski definition) is 1. The maximum atomic E-state index is 10.9. The van der Waals surface area contributed by atoms with Gasteiger partial charge in [0.2, 0.25) is 0 Å². The molecule has 0 aromatic carbocycles. The summed E-state index contributed by atoms with van der Waals surface area (Å²) in [4.78, 5) is 0. The van der Waals surface area contributed by atoms with Crippen molar-refractivity contribution < 1.29 is 5.11 Å². The molecule has 2 saturated carbocycles. The highest BCUT2D eigenvalue weighted by molar-refractivity contribution is 5.21. The van der Waals surface area contributed by atoms with Gasteiger partial charge in [-0.2, -0.15) is 0 Å². The molecular weight excluding hydrogens is 316 g/mol. The SMILES string of the molecule is C=C1CCC2C(C)=CCC3C(C(C)C)C(O)CC3(C)CC=C(C)CCC12. The Morgan fingerprint density at radius 1 is 1.12 bits per heavy atom. The molecule has 2 fully saturated rings. The van der Waals surface area contributed by atoms with Gasteiger partial charge >= 0.3 is 0 Å². The highest BCUT2D eigenvalue weighted by atomic mass is 16.3. The van der Waals surface area contributed by atoms with Crippen LogP contribution in [0.4, 0.5) is 0 Å². The third-order valence-corrected chi connectivity index (χ3v) is 8.08. The van der Waals surface area contributed by atoms with E-state index in [0.29, 0.717) is 29.6 Å². The van der Waals surface area contributed by atoms with E-state index in [9.17, 15) is 5.11 Å². The van der Waals surface area contributed by atoms with Crippen LogP contribution < -0.4 is 0 Å². The molecule has 0 amide bonds. The van der Waals surface area contributed by atoms with Gasteiger partial charge in [-0.1, -0.05) is 56.2 Å². The number of aliphatic hydroxyl groups is 1. The van der Waals surface area contributed by atoms with Crippen LogP contribution in [-0.2, 0) is 0 Å². The van der Waals surface area contributed by atoms with Crippen LogP contribution in [0.1, 0.15) is 79.6 Å². The van der Waals surface area contributed by atoms with Gasteiger partial charge in [0, 0.05) is 0 Å². The van der Waals surface area contributed by atoms with Crippen molar-refractivity contribution >= 4 is 0 Å². The van der Waals surface area contributed by atoms with E-state index in [4.69, 9.17) is 0 Å². The highest BCUT2D eigenvalue weighted by Crippen LogP contribution is 2.54. The van der Waals surface area contributed by atoms with Crippen molar-refractivity contribution in [3.05, 3.63) is 35.5 Å². The first-order chi connectivity index (χ1) is 12.2. The van der Waals surface area contributed by atoms with Crippen molar-refractivity contribution in [3.63, 3.8) is 0 Å². The summed E-state index contributed by atoms with van der Waals surface area (Å²) in [6.07, 6.45) is 13.1. The Bertz CT molecular complexity index is 595. The smallest absolute Gasteiger partial charge is 0.0579 e. The zero-order valence-corrected chi connectivity index (χ0v) is 17.7. The number of fused-ring (bicyclic) bond motifs is 2. The first-order valence-corrected chi connectivity index (χ1v) is 10.9. The molecule has 1 nitrogen and oxygen atoms in total. The van der Waals surface area contributed by atoms with E-state index >= 15 is 0 Å². The normalized spacial score (nSPS) is 41.8. The summed E-state index contributed by atoms with van der Waals surface area (Å²) in [6.45, 7) is 16.1. The molecule has 3 aliphatic carbocycles. The van der Waals surface area contributed by atoms with Crippen LogP contribution >= 0.6 is 0 Å². The fourth-order valence-electron chi connectivity index (χ4n) is 6.40. The molecule has 0 saturated heterocycles. The largest absolute Gasteiger partial charge is 0.393 e. The van der Waals surface area contributed by atoms with E-state index in [1.807, 2.05) is 0 Å². The van der Waals surface area contributed by atoms with Crippen LogP contribution in [0.25, 0.3) is 0 Å². The zero-order valence-electron chi connectivity index (χ0n) is 17.7. The minimum Gasteiger partial charge on any atom is -0.393 e. The molecule has 0 bridgehead atoms. The molecule has 1 N–H and O–H groups in total. The summed E-state index contributed by atoms with van der Waals surface area (Å²) < 4.78 is 0. The predicted octanol–water partition coefficient (Wildman–Crippen LogP) is 6.69. The van der Waals surface area contributed by atoms with Gasteiger partial charge < -0.3 is 5.11 Å². The maximum Gasteiger partial charge on any atom is 0.0579 e. The molecule has 3 rings (SSSR count). The molecule has 0 heterocycles. The van der Waals surface area contributed by atoms with E-state index in [0.717, 1.165) is 19.3 Å². The summed E-state index contributed by atoms with van der Waals surface area (Å²) in [5, 5.41) is 10.9. The second-order valence-corrected chi connectivity index (χ2v) is 10.2. The first-order valence-electron chi connectivity index (χ1n) is 10.9. The molecule has 0 aromatic rings. The molecule has 6 unspecified atom stereocenters. The van der Waals surface area contributed by atoms with E-state index in [1.165, 1.54) is 36.8 Å². The molecule has 1 heteroatoms. The average Bonchev–Trinajstić information content (AvgIpc) is 3.05. The Morgan fingerprint density at radius 3 is 2.50 bits per heavy atom. The standard InChI is InChI=1S/C25H40O/c1-16(2)24-22-12-9-19(5)21-11-8-18(4)20(21)10-7-17(3)13-14-25(22,6)15-23(24)26/h9,13,16,20-24,26H,4,7-8,10-12,14-15H2,1-3,5-6H3. The lowest BCUT2D eigenvalue weighted by molar-refractivity contribution is 0.0872. The third kappa shape index (κ3) is 3.75. The van der Waals surface area contributed by atoms with Crippen LogP contribution in [0.3, 0.4) is 0 Å². The van der Waals surface area contributed by atoms with Crippen molar-refractivity contribution in [3.8, 4) is 0 Å². The topological polar surface area (TPSA) is 20.2 Å². The summed E-state index contributed by atoms with van der Waals surface area (Å²) in [7, 11) is 0. The predicted molar refractivity (Wildman–Crippen MR) is 112 cm³/mol. The number of allylic oxidation sites excluding steroid dienone is 5. The molecule has 0 aliphatic heterocycles. The third-order valence-electron chi connectivity index (χ3n) is 8.08. The van der Waals surface area contributed by atoms with Gasteiger partial charge in [0.25, 0.3) is 0 Å². The number of hydrogen-bond donors (Lipinski definition) is 1. The molecule has 3 aliphatic rings. The molecule has 26 heavy (non-hydrogen) atoms. The molecule has 6 atom stereocenters. The first kappa shape index (κ1) is 19.9. The van der Waals surface area contributed by atoms with E-state index in [1.54, 1.807) is 5.57 Å². The van der Waals surface area contributed by atoms with Gasteiger partial charge in [-0.15, -0.1) is 0 Å². The molecule has 0 aromatic heterocycles. The van der Waals surface area contributed by atoms with Crippen LogP contribution in [0.2, 0.25) is 0 Å². The van der Waals surface area contributed by atoms with Gasteiger partial charge in [0.1, 0.15) is 0 Å². The quantitative estimate of drug-likeness (QED) is 0.519. The van der Waals surface area contributed by atoms with Crippen LogP contribution in [0.5, 0.6) is 0 Å². The Hall–Kier alpha value is -0.820. The van der Waals surface area contributed by atoms with Gasteiger partial charge in [-0.25, -0.2) is 0 Å². The maximum absolute atomic E-state index is 10.9. The van der Waals surface area contributed by atoms with Crippen molar-refractivity contribution in [2.24, 2.45) is 35.0 Å². The Morgan fingerprint density at radius 2 is 1.81 bits per heavy atom. The minimum absolute atomic E-state index is 0.142. The van der Waals surface area contributed by atoms with Crippen molar-refractivity contribution in [1.29, 1.82) is 0 Å². The second kappa shape index (κ2) is 7.66. The summed E-state index contributed by atoms with van der Waals surface area (Å²) in [5.74, 6) is 2.93. The fraction of sp³-hybridized carbons (Fsp3) is 0.760. The van der Waals surface area contributed by atoms with E-state index < -0.39 is 0 Å². The summed E-state index contributed by atoms with van der Waals surface area (Å²) in [6, 6.07) is 0. The summed E-state index contributed by atoms with van der Waals surface area (Å²) in [5.41, 5.74) is 4.83. The highest BCUT2D eigenvalue weighted by Gasteiger charge is 2.50. The zero-order chi connectivity index (χ0) is 19.1. The van der Waals surface area contributed by atoms with Gasteiger partial charge in [-0.3, -0.25) is 0 Å². The lowest BCUT2D eigenvalue weighted by Gasteiger charge is -2.35. The van der Waals surface area contributed by atoms with E-state index in [2.05, 4.69) is 53.3 Å². The van der Waals surface area contributed by atoms with Crippen LogP contribution in [0.15, 0.2) is 35.5 Å². The minimum atomic E-state index is -0.142. The fourth-order valence-corrected chi connectivity index (χ4v) is 6.40. The van der Waals surface area contributed by atoms with Gasteiger partial charge in [0.05, 0.1) is 6.10 Å². The Kier molecular flexibility index (Phi) is 5.87. The summed E-state index contributed by atoms with van der Waals surface area (Å²) >= 11 is 0. The average molecular weight is 357 g/mol.